The number of amides is 1. The lowest BCUT2D eigenvalue weighted by molar-refractivity contribution is -0.144. The molecule has 1 atom stereocenters. The molecule has 1 aromatic rings. The number of primary amides is 1. The molecule has 0 bridgehead atoms. The molecular formula is C11H13NO3. The molecule has 0 radical (unpaired) electrons. The summed E-state index contributed by atoms with van der Waals surface area (Å²) in [5.74, 6) is -0.615. The minimum Gasteiger partial charge on any atom is -0.367 e. The monoisotopic (exact) mass is 207 g/mol. The zero-order valence-electron chi connectivity index (χ0n) is 8.47. The van der Waals surface area contributed by atoms with Crippen LogP contribution in [-0.2, 0) is 19.9 Å². The van der Waals surface area contributed by atoms with Gasteiger partial charge in [0, 0.05) is 0 Å². The highest BCUT2D eigenvalue weighted by atomic mass is 16.5. The molecule has 0 aliphatic carbocycles. The molecule has 0 aliphatic heterocycles. The number of nitrogens with two attached hydrogens (primary N) is 1. The molecule has 0 spiro atoms. The predicted molar refractivity (Wildman–Crippen MR) is 55.0 cm³/mol. The van der Waals surface area contributed by atoms with Crippen LogP contribution >= 0.6 is 0 Å². The number of rotatable bonds is 5. The Morgan fingerprint density at radius 1 is 1.47 bits per heavy atom. The van der Waals surface area contributed by atoms with Crippen molar-refractivity contribution < 1.29 is 14.3 Å². The van der Waals surface area contributed by atoms with Crippen molar-refractivity contribution in [1.82, 2.24) is 0 Å². The Hall–Kier alpha value is -1.68. The lowest BCUT2D eigenvalue weighted by atomic mass is 9.95. The molecule has 4 heteroatoms. The van der Waals surface area contributed by atoms with Crippen LogP contribution in [-0.4, -0.2) is 18.8 Å². The summed E-state index contributed by atoms with van der Waals surface area (Å²) >= 11 is 0. The fourth-order valence-corrected chi connectivity index (χ4v) is 1.25. The van der Waals surface area contributed by atoms with E-state index in [2.05, 4.69) is 0 Å². The second kappa shape index (κ2) is 4.70. The van der Waals surface area contributed by atoms with E-state index in [1.54, 1.807) is 31.2 Å². The van der Waals surface area contributed by atoms with Crippen molar-refractivity contribution in [1.29, 1.82) is 0 Å². The van der Waals surface area contributed by atoms with Crippen LogP contribution in [0, 0.1) is 0 Å². The van der Waals surface area contributed by atoms with E-state index >= 15 is 0 Å². The Kier molecular flexibility index (Phi) is 3.57. The lowest BCUT2D eigenvalue weighted by Crippen LogP contribution is -2.41. The molecule has 2 N–H and O–H groups in total. The van der Waals surface area contributed by atoms with E-state index in [4.69, 9.17) is 10.5 Å². The molecule has 0 heterocycles. The molecule has 0 fully saturated rings. The third kappa shape index (κ3) is 2.41. The zero-order valence-corrected chi connectivity index (χ0v) is 8.47. The number of aldehydes is 1. The second-order valence-electron chi connectivity index (χ2n) is 3.24. The molecule has 0 saturated carbocycles. The summed E-state index contributed by atoms with van der Waals surface area (Å²) in [4.78, 5) is 21.5. The fraction of sp³-hybridized carbons (Fsp3) is 0.273. The molecule has 80 valence electrons. The normalized spacial score (nSPS) is 14.2. The Morgan fingerprint density at radius 3 is 2.53 bits per heavy atom. The fourth-order valence-electron chi connectivity index (χ4n) is 1.25. The van der Waals surface area contributed by atoms with E-state index in [9.17, 15) is 9.59 Å². The molecule has 0 aliphatic rings. The largest absolute Gasteiger partial charge is 0.367 e. The van der Waals surface area contributed by atoms with Gasteiger partial charge in [0.15, 0.2) is 5.60 Å². The van der Waals surface area contributed by atoms with Gasteiger partial charge in [0.05, 0.1) is 0 Å². The topological polar surface area (TPSA) is 69.4 Å². The van der Waals surface area contributed by atoms with Gasteiger partial charge in [-0.25, -0.2) is 0 Å². The van der Waals surface area contributed by atoms with Crippen molar-refractivity contribution in [2.24, 2.45) is 5.73 Å². The van der Waals surface area contributed by atoms with Crippen LogP contribution in [0.4, 0.5) is 0 Å². The van der Waals surface area contributed by atoms with Gasteiger partial charge in [-0.1, -0.05) is 30.3 Å². The first-order valence-corrected chi connectivity index (χ1v) is 4.54. The summed E-state index contributed by atoms with van der Waals surface area (Å²) in [5, 5.41) is 0. The summed E-state index contributed by atoms with van der Waals surface area (Å²) < 4.78 is 5.18. The first kappa shape index (κ1) is 11.4. The average molecular weight is 207 g/mol. The Balaban J connectivity index is 3.01. The van der Waals surface area contributed by atoms with E-state index in [0.29, 0.717) is 11.8 Å². The highest BCUT2D eigenvalue weighted by Crippen LogP contribution is 2.24. The van der Waals surface area contributed by atoms with Crippen LogP contribution in [0.25, 0.3) is 0 Å². The molecule has 1 amide bonds. The summed E-state index contributed by atoms with van der Waals surface area (Å²) in [5.41, 5.74) is 4.65. The van der Waals surface area contributed by atoms with Crippen molar-refractivity contribution in [3.05, 3.63) is 35.9 Å². The number of hydrogen-bond acceptors (Lipinski definition) is 3. The van der Waals surface area contributed by atoms with E-state index in [-0.39, 0.29) is 6.61 Å². The highest BCUT2D eigenvalue weighted by molar-refractivity contribution is 5.84. The first-order valence-electron chi connectivity index (χ1n) is 4.54. The van der Waals surface area contributed by atoms with Crippen LogP contribution in [0.2, 0.25) is 0 Å². The van der Waals surface area contributed by atoms with Gasteiger partial charge in [-0.3, -0.25) is 4.79 Å². The van der Waals surface area contributed by atoms with Crippen molar-refractivity contribution in [3.8, 4) is 0 Å². The Morgan fingerprint density at radius 2 is 2.07 bits per heavy atom. The Bertz CT molecular complexity index is 350. The van der Waals surface area contributed by atoms with Gasteiger partial charge in [0.25, 0.3) is 5.91 Å². The van der Waals surface area contributed by atoms with E-state index in [1.165, 1.54) is 0 Å². The van der Waals surface area contributed by atoms with E-state index in [0.717, 1.165) is 0 Å². The Labute approximate surface area is 88.0 Å². The summed E-state index contributed by atoms with van der Waals surface area (Å²) in [6.07, 6.45) is 0.587. The van der Waals surface area contributed by atoms with E-state index in [1.807, 2.05) is 6.07 Å². The van der Waals surface area contributed by atoms with Gasteiger partial charge < -0.3 is 15.3 Å². The highest BCUT2D eigenvalue weighted by Gasteiger charge is 2.33. The number of benzene rings is 1. The van der Waals surface area contributed by atoms with Gasteiger partial charge in [-0.15, -0.1) is 0 Å². The van der Waals surface area contributed by atoms with Gasteiger partial charge in [0.1, 0.15) is 12.9 Å². The average Bonchev–Trinajstić information content (AvgIpc) is 2.27. The maximum absolute atomic E-state index is 11.3. The number of ether oxygens (including phenoxy) is 1. The molecule has 1 unspecified atom stereocenters. The van der Waals surface area contributed by atoms with Crippen LogP contribution in [0.15, 0.2) is 30.3 Å². The minimum atomic E-state index is -1.25. The molecule has 1 rings (SSSR count). The number of hydrogen-bond donors (Lipinski definition) is 1. The lowest BCUT2D eigenvalue weighted by Gasteiger charge is -2.25. The van der Waals surface area contributed by atoms with Gasteiger partial charge in [-0.05, 0) is 12.5 Å². The SMILES string of the molecule is CC(OCC=O)(C(N)=O)c1ccccc1. The maximum Gasteiger partial charge on any atom is 0.254 e. The van der Waals surface area contributed by atoms with Crippen molar-refractivity contribution in [2.75, 3.05) is 6.61 Å². The van der Waals surface area contributed by atoms with Crippen LogP contribution in [0.5, 0.6) is 0 Å². The molecule has 4 nitrogen and oxygen atoms in total. The smallest absolute Gasteiger partial charge is 0.254 e. The maximum atomic E-state index is 11.3. The standard InChI is InChI=1S/C11H13NO3/c1-11(10(12)14,15-8-7-13)9-5-3-2-4-6-9/h2-7H,8H2,1H3,(H2,12,14). The zero-order chi connectivity index (χ0) is 11.3. The molecule has 0 aromatic heterocycles. The minimum absolute atomic E-state index is 0.158. The van der Waals surface area contributed by atoms with E-state index < -0.39 is 11.5 Å². The molecule has 15 heavy (non-hydrogen) atoms. The van der Waals surface area contributed by atoms with Crippen molar-refractivity contribution in [2.45, 2.75) is 12.5 Å². The first-order chi connectivity index (χ1) is 7.11. The van der Waals surface area contributed by atoms with Gasteiger partial charge in [-0.2, -0.15) is 0 Å². The summed E-state index contributed by atoms with van der Waals surface area (Å²) in [6, 6.07) is 8.84. The molecule has 1 aromatic carbocycles. The number of carbonyl (C=O) groups is 2. The van der Waals surface area contributed by atoms with Crippen LogP contribution < -0.4 is 5.73 Å². The molecule has 0 saturated heterocycles. The van der Waals surface area contributed by atoms with Crippen LogP contribution in [0.3, 0.4) is 0 Å². The van der Waals surface area contributed by atoms with Crippen molar-refractivity contribution in [3.63, 3.8) is 0 Å². The summed E-state index contributed by atoms with van der Waals surface area (Å²) in [6.45, 7) is 1.39. The molecular weight excluding hydrogens is 194 g/mol. The van der Waals surface area contributed by atoms with Crippen LogP contribution in [0.1, 0.15) is 12.5 Å². The quantitative estimate of drug-likeness (QED) is 0.719. The number of carbonyl (C=O) groups excluding carboxylic acids is 2. The third-order valence-corrected chi connectivity index (χ3v) is 2.23. The predicted octanol–water partition coefficient (Wildman–Crippen LogP) is 0.603. The van der Waals surface area contributed by atoms with Gasteiger partial charge >= 0.3 is 0 Å². The summed E-state index contributed by atoms with van der Waals surface area (Å²) in [7, 11) is 0. The van der Waals surface area contributed by atoms with Crippen molar-refractivity contribution >= 4 is 12.2 Å². The van der Waals surface area contributed by atoms with Gasteiger partial charge in [0.2, 0.25) is 0 Å². The third-order valence-electron chi connectivity index (χ3n) is 2.23. The second-order valence-corrected chi connectivity index (χ2v) is 3.24.